The van der Waals surface area contributed by atoms with Gasteiger partial charge in [-0.25, -0.2) is 0 Å². The Hall–Kier alpha value is -2.16. The Kier molecular flexibility index (Phi) is 10.3. The van der Waals surface area contributed by atoms with Gasteiger partial charge >= 0.3 is 41.7 Å². The molecule has 0 atom stereocenters. The first-order valence-electron chi connectivity index (χ1n) is 14.4. The molecule has 1 aromatic carbocycles. The van der Waals surface area contributed by atoms with Crippen LogP contribution in [-0.4, -0.2) is 47.5 Å². The summed E-state index contributed by atoms with van der Waals surface area (Å²) in [5.41, 5.74) is -0.995. The maximum Gasteiger partial charge on any atom is 0.460 e. The molecule has 3 rings (SSSR count). The van der Waals surface area contributed by atoms with Gasteiger partial charge in [-0.15, -0.1) is 0 Å². The quantitative estimate of drug-likeness (QED) is 0.168. The van der Waals surface area contributed by atoms with Crippen LogP contribution in [0.1, 0.15) is 93.0 Å². The van der Waals surface area contributed by atoms with E-state index in [-0.39, 0.29) is 5.92 Å². The van der Waals surface area contributed by atoms with E-state index in [1.807, 2.05) is 0 Å². The molecule has 0 aromatic heterocycles. The van der Waals surface area contributed by atoms with E-state index in [0.717, 1.165) is 63.0 Å². The predicted molar refractivity (Wildman–Crippen MR) is 132 cm³/mol. The van der Waals surface area contributed by atoms with Crippen LogP contribution in [-0.2, 0) is 0 Å². The van der Waals surface area contributed by atoms with Gasteiger partial charge in [0.25, 0.3) is 0 Å². The van der Waals surface area contributed by atoms with E-state index in [1.54, 1.807) is 0 Å². The summed E-state index contributed by atoms with van der Waals surface area (Å²) in [7, 11) is 0. The average Bonchev–Trinajstić information content (AvgIpc) is 2.96. The first kappa shape index (κ1) is 37.3. The lowest BCUT2D eigenvalue weighted by molar-refractivity contribution is -0.449. The molecular formula is C29H31F15O. The first-order valence-corrected chi connectivity index (χ1v) is 14.4. The van der Waals surface area contributed by atoms with Gasteiger partial charge in [0.1, 0.15) is 0 Å². The molecule has 258 valence electrons. The Bertz CT molecular complexity index is 1160. The number of benzene rings is 1. The molecule has 0 aliphatic heterocycles. The molecule has 0 radical (unpaired) electrons. The normalized spacial score (nSPS) is 24.9. The predicted octanol–water partition coefficient (Wildman–Crippen LogP) is 11.1. The molecule has 0 spiro atoms. The van der Waals surface area contributed by atoms with Crippen molar-refractivity contribution in [2.24, 2.45) is 17.8 Å². The number of rotatable bonds is 11. The Labute approximate surface area is 248 Å². The third-order valence-electron chi connectivity index (χ3n) is 9.28. The van der Waals surface area contributed by atoms with Gasteiger partial charge in [0.15, 0.2) is 0 Å². The maximum atomic E-state index is 14.4. The standard InChI is InChI=1S/C29H31F15O/c1-2-3-16-4-6-17(7-5-16)18-8-10-19(11-9-18)20-12-14-21(15-13-20)22(45)23(30,31)24(32,33)25(34,35)26(36,37)27(38,39)28(40,41)29(42,43)44/h12-19H,2-11H2,1H3/t16-,17-,18-,19-. The lowest BCUT2D eigenvalue weighted by Crippen LogP contribution is -2.73. The number of carbonyl (C=O) groups excluding carboxylic acids is 1. The Morgan fingerprint density at radius 3 is 1.40 bits per heavy atom. The lowest BCUT2D eigenvalue weighted by Gasteiger charge is -2.41. The van der Waals surface area contributed by atoms with Crippen LogP contribution >= 0.6 is 0 Å². The van der Waals surface area contributed by atoms with Crippen LogP contribution < -0.4 is 0 Å². The van der Waals surface area contributed by atoms with Crippen molar-refractivity contribution < 1.29 is 70.7 Å². The maximum absolute atomic E-state index is 14.4. The van der Waals surface area contributed by atoms with E-state index in [1.165, 1.54) is 6.42 Å². The minimum absolute atomic E-state index is 0.149. The molecule has 2 saturated carbocycles. The van der Waals surface area contributed by atoms with Crippen LogP contribution in [0.2, 0.25) is 0 Å². The second-order valence-corrected chi connectivity index (χ2v) is 12.1. The highest BCUT2D eigenvalue weighted by Crippen LogP contribution is 2.62. The van der Waals surface area contributed by atoms with Crippen molar-refractivity contribution >= 4 is 5.78 Å². The zero-order valence-electron chi connectivity index (χ0n) is 23.8. The van der Waals surface area contributed by atoms with E-state index in [4.69, 9.17) is 0 Å². The molecule has 1 aromatic rings. The van der Waals surface area contributed by atoms with Gasteiger partial charge in [0.05, 0.1) is 0 Å². The first-order chi connectivity index (χ1) is 20.4. The summed E-state index contributed by atoms with van der Waals surface area (Å²) < 4.78 is 202. The number of alkyl halides is 15. The van der Waals surface area contributed by atoms with Crippen LogP contribution in [0.5, 0.6) is 0 Å². The van der Waals surface area contributed by atoms with Crippen LogP contribution in [0, 0.1) is 17.8 Å². The minimum Gasteiger partial charge on any atom is -0.287 e. The van der Waals surface area contributed by atoms with Crippen LogP contribution in [0.3, 0.4) is 0 Å². The molecule has 0 saturated heterocycles. The van der Waals surface area contributed by atoms with Gasteiger partial charge in [0, 0.05) is 5.56 Å². The molecule has 45 heavy (non-hydrogen) atoms. The van der Waals surface area contributed by atoms with Crippen molar-refractivity contribution in [2.75, 3.05) is 0 Å². The number of carbonyl (C=O) groups is 1. The molecule has 16 heteroatoms. The van der Waals surface area contributed by atoms with Gasteiger partial charge in [0.2, 0.25) is 5.78 Å². The van der Waals surface area contributed by atoms with E-state index < -0.39 is 53.1 Å². The molecule has 0 amide bonds. The van der Waals surface area contributed by atoms with Crippen LogP contribution in [0.4, 0.5) is 65.9 Å². The van der Waals surface area contributed by atoms with E-state index in [2.05, 4.69) is 6.92 Å². The Morgan fingerprint density at radius 1 is 0.578 bits per heavy atom. The molecular weight excluding hydrogens is 649 g/mol. The van der Waals surface area contributed by atoms with E-state index in [0.29, 0.717) is 42.4 Å². The van der Waals surface area contributed by atoms with Crippen molar-refractivity contribution in [3.8, 4) is 0 Å². The molecule has 0 unspecified atom stereocenters. The Balaban J connectivity index is 1.74. The van der Waals surface area contributed by atoms with Crippen molar-refractivity contribution in [3.05, 3.63) is 35.4 Å². The number of hydrogen-bond acceptors (Lipinski definition) is 1. The summed E-state index contributed by atoms with van der Waals surface area (Å²) in [6.45, 7) is 2.14. The fourth-order valence-corrected chi connectivity index (χ4v) is 6.48. The van der Waals surface area contributed by atoms with E-state index >= 15 is 0 Å². The number of hydrogen-bond donors (Lipinski definition) is 0. The summed E-state index contributed by atoms with van der Waals surface area (Å²) in [6.07, 6.45) is 2.14. The third-order valence-corrected chi connectivity index (χ3v) is 9.28. The lowest BCUT2D eigenvalue weighted by atomic mass is 9.68. The van der Waals surface area contributed by atoms with E-state index in [9.17, 15) is 70.7 Å². The fourth-order valence-electron chi connectivity index (χ4n) is 6.48. The molecule has 0 N–H and O–H groups in total. The van der Waals surface area contributed by atoms with Crippen molar-refractivity contribution in [1.82, 2.24) is 0 Å². The molecule has 0 heterocycles. The van der Waals surface area contributed by atoms with Gasteiger partial charge in [-0.3, -0.25) is 4.79 Å². The van der Waals surface area contributed by atoms with Gasteiger partial charge in [-0.2, -0.15) is 65.9 Å². The molecule has 2 fully saturated rings. The molecule has 2 aliphatic rings. The summed E-state index contributed by atoms with van der Waals surface area (Å²) in [5, 5.41) is 0. The summed E-state index contributed by atoms with van der Waals surface area (Å²) in [5.74, 6) is -49.6. The van der Waals surface area contributed by atoms with Gasteiger partial charge in [-0.1, -0.05) is 56.9 Å². The smallest absolute Gasteiger partial charge is 0.287 e. The number of ketones is 1. The monoisotopic (exact) mass is 680 g/mol. The van der Waals surface area contributed by atoms with Crippen LogP contribution in [0.25, 0.3) is 0 Å². The van der Waals surface area contributed by atoms with Gasteiger partial charge < -0.3 is 0 Å². The van der Waals surface area contributed by atoms with Crippen molar-refractivity contribution in [2.45, 2.75) is 119 Å². The zero-order chi connectivity index (χ0) is 34.4. The second kappa shape index (κ2) is 12.5. The second-order valence-electron chi connectivity index (χ2n) is 12.1. The van der Waals surface area contributed by atoms with Gasteiger partial charge in [-0.05, 0) is 67.8 Å². The number of halogens is 15. The average molecular weight is 681 g/mol. The van der Waals surface area contributed by atoms with Crippen molar-refractivity contribution in [3.63, 3.8) is 0 Å². The number of Topliss-reactive ketones (excluding diaryl/α,β-unsaturated/α-hetero) is 1. The SMILES string of the molecule is CCC[C@H]1CC[C@H]([C@H]2CC[C@H](c3ccc(C(=O)C(F)(F)C(F)(F)C(F)(F)C(F)(F)C(F)(F)C(F)(F)C(F)(F)F)cc3)CC2)CC1. The zero-order valence-corrected chi connectivity index (χ0v) is 23.8. The fraction of sp³-hybridized carbons (Fsp3) is 0.759. The highest BCUT2D eigenvalue weighted by atomic mass is 19.4. The summed E-state index contributed by atoms with van der Waals surface area (Å²) >= 11 is 0. The third kappa shape index (κ3) is 6.28. The largest absolute Gasteiger partial charge is 0.460 e. The van der Waals surface area contributed by atoms with Crippen LogP contribution in [0.15, 0.2) is 24.3 Å². The topological polar surface area (TPSA) is 17.1 Å². The van der Waals surface area contributed by atoms with Crippen molar-refractivity contribution in [1.29, 1.82) is 0 Å². The highest BCUT2D eigenvalue weighted by molar-refractivity contribution is 6.02. The summed E-state index contributed by atoms with van der Waals surface area (Å²) in [6, 6.07) is 3.05. The highest BCUT2D eigenvalue weighted by Gasteiger charge is 2.94. The molecule has 1 nitrogen and oxygen atoms in total. The summed E-state index contributed by atoms with van der Waals surface area (Å²) in [4.78, 5) is 12.1. The molecule has 0 bridgehead atoms. The molecule has 2 aliphatic carbocycles. The Morgan fingerprint density at radius 2 is 0.978 bits per heavy atom. The minimum atomic E-state index is -8.43.